The minimum absolute atomic E-state index is 0.0900. The molecule has 0 aliphatic heterocycles. The molecule has 462 valence electrons. The number of rotatable bonds is 65. The topological polar surface area (TPSA) is 78.9 Å². The first-order chi connectivity index (χ1) is 39.0. The quantitative estimate of drug-likeness (QED) is 0.0261. The summed E-state index contributed by atoms with van der Waals surface area (Å²) in [5.41, 5.74) is 0. The zero-order valence-electron chi connectivity index (χ0n) is 53.2. The zero-order valence-corrected chi connectivity index (χ0v) is 53.2. The molecular weight excluding hydrogens is 973 g/mol. The summed E-state index contributed by atoms with van der Waals surface area (Å²) in [5.74, 6) is -0.951. The molecule has 0 aromatic carbocycles. The first-order valence-corrected chi connectivity index (χ1v) is 35.1. The summed E-state index contributed by atoms with van der Waals surface area (Å²) in [7, 11) is 0. The summed E-state index contributed by atoms with van der Waals surface area (Å²) in [6, 6.07) is 0. The molecule has 1 unspecified atom stereocenters. The second-order valence-electron chi connectivity index (χ2n) is 23.8. The Hall–Kier alpha value is -2.63. The van der Waals surface area contributed by atoms with Gasteiger partial charge in [0.2, 0.25) is 0 Å². The number of unbranched alkanes of at least 4 members (excludes halogenated alkanes) is 46. The summed E-state index contributed by atoms with van der Waals surface area (Å²) in [6.45, 7) is 6.53. The van der Waals surface area contributed by atoms with E-state index in [9.17, 15) is 14.4 Å². The average molecular weight is 1110 g/mol. The van der Waals surface area contributed by atoms with E-state index in [0.29, 0.717) is 19.3 Å². The van der Waals surface area contributed by atoms with Gasteiger partial charge in [0.1, 0.15) is 13.2 Å². The number of carbonyl (C=O) groups excluding carboxylic acids is 3. The molecule has 0 N–H and O–H groups in total. The molecule has 1 atom stereocenters. The van der Waals surface area contributed by atoms with Crippen molar-refractivity contribution in [1.82, 2.24) is 0 Å². The zero-order chi connectivity index (χ0) is 57.1. The maximum Gasteiger partial charge on any atom is 0.306 e. The van der Waals surface area contributed by atoms with Crippen molar-refractivity contribution in [2.45, 2.75) is 386 Å². The van der Waals surface area contributed by atoms with Gasteiger partial charge >= 0.3 is 17.9 Å². The van der Waals surface area contributed by atoms with Gasteiger partial charge in [-0.1, -0.05) is 365 Å². The molecule has 0 aromatic rings. The summed E-state index contributed by atoms with van der Waals surface area (Å²) >= 11 is 0. The molecule has 0 amide bonds. The molecule has 0 saturated carbocycles. The molecule has 0 heterocycles. The molecule has 0 bridgehead atoms. The largest absolute Gasteiger partial charge is 0.462 e. The van der Waals surface area contributed by atoms with Crippen LogP contribution >= 0.6 is 0 Å². The third-order valence-corrected chi connectivity index (χ3v) is 15.9. The molecule has 6 nitrogen and oxygen atoms in total. The molecule has 0 aliphatic carbocycles. The van der Waals surface area contributed by atoms with E-state index in [2.05, 4.69) is 63.3 Å². The van der Waals surface area contributed by atoms with E-state index in [1.54, 1.807) is 0 Å². The third kappa shape index (κ3) is 66.1. The van der Waals surface area contributed by atoms with E-state index in [4.69, 9.17) is 14.2 Å². The van der Waals surface area contributed by atoms with Gasteiger partial charge < -0.3 is 14.2 Å². The maximum atomic E-state index is 12.9. The number of hydrogen-bond donors (Lipinski definition) is 0. The highest BCUT2D eigenvalue weighted by molar-refractivity contribution is 5.71. The van der Waals surface area contributed by atoms with E-state index < -0.39 is 6.10 Å². The van der Waals surface area contributed by atoms with Crippen molar-refractivity contribution in [2.24, 2.45) is 0 Å². The van der Waals surface area contributed by atoms with E-state index in [-0.39, 0.29) is 37.5 Å². The predicted molar refractivity (Wildman–Crippen MR) is 344 cm³/mol. The SMILES string of the molecule is CC/C=C\C/C=C\C/C=C\C/C=C\CCC(=O)OCC(COC(=O)CCCCCCCCCCCCCCCCCCCCCCCCCCCCCCCCCC)OC(=O)CCCCCCCCCCCCCCCCCC. The molecule has 0 rings (SSSR count). The Bertz CT molecular complexity index is 1360. The lowest BCUT2D eigenvalue weighted by Gasteiger charge is -2.18. The van der Waals surface area contributed by atoms with Crippen molar-refractivity contribution >= 4 is 17.9 Å². The number of allylic oxidation sites excluding steroid dienone is 8. The van der Waals surface area contributed by atoms with Crippen molar-refractivity contribution in [1.29, 1.82) is 0 Å². The molecule has 0 spiro atoms. The highest BCUT2D eigenvalue weighted by atomic mass is 16.6. The van der Waals surface area contributed by atoms with E-state index in [1.807, 2.05) is 6.08 Å². The van der Waals surface area contributed by atoms with Gasteiger partial charge in [0, 0.05) is 19.3 Å². The lowest BCUT2D eigenvalue weighted by molar-refractivity contribution is -0.166. The van der Waals surface area contributed by atoms with Gasteiger partial charge in [-0.2, -0.15) is 0 Å². The van der Waals surface area contributed by atoms with Crippen LogP contribution in [0.1, 0.15) is 380 Å². The molecule has 79 heavy (non-hydrogen) atoms. The molecule has 0 fully saturated rings. The normalized spacial score (nSPS) is 12.3. The highest BCUT2D eigenvalue weighted by Crippen LogP contribution is 2.19. The van der Waals surface area contributed by atoms with Crippen molar-refractivity contribution in [2.75, 3.05) is 13.2 Å². The Morgan fingerprint density at radius 1 is 0.266 bits per heavy atom. The average Bonchev–Trinajstić information content (AvgIpc) is 3.45. The fourth-order valence-corrected chi connectivity index (χ4v) is 10.6. The van der Waals surface area contributed by atoms with Gasteiger partial charge in [0.25, 0.3) is 0 Å². The first kappa shape index (κ1) is 76.4. The summed E-state index contributed by atoms with van der Waals surface area (Å²) in [4.78, 5) is 38.3. The Morgan fingerprint density at radius 3 is 0.772 bits per heavy atom. The number of esters is 3. The lowest BCUT2D eigenvalue weighted by atomic mass is 10.0. The van der Waals surface area contributed by atoms with Crippen LogP contribution in [-0.4, -0.2) is 37.2 Å². The van der Waals surface area contributed by atoms with Crippen LogP contribution in [-0.2, 0) is 28.6 Å². The fourth-order valence-electron chi connectivity index (χ4n) is 10.6. The summed E-state index contributed by atoms with van der Waals surface area (Å²) in [6.07, 6.45) is 86.1. The molecule has 0 radical (unpaired) electrons. The number of hydrogen-bond acceptors (Lipinski definition) is 6. The van der Waals surface area contributed by atoms with Crippen LogP contribution < -0.4 is 0 Å². The van der Waals surface area contributed by atoms with Gasteiger partial charge in [0.05, 0.1) is 0 Å². The predicted octanol–water partition coefficient (Wildman–Crippen LogP) is 24.1. The van der Waals surface area contributed by atoms with Crippen molar-refractivity contribution in [3.8, 4) is 0 Å². The molecular formula is C73H134O6. The Morgan fingerprint density at radius 2 is 0.494 bits per heavy atom. The fraction of sp³-hybridized carbons (Fsp3) is 0.849. The van der Waals surface area contributed by atoms with Crippen LogP contribution in [0.15, 0.2) is 48.6 Å². The van der Waals surface area contributed by atoms with Gasteiger partial charge in [-0.15, -0.1) is 0 Å². The second-order valence-corrected chi connectivity index (χ2v) is 23.8. The van der Waals surface area contributed by atoms with Gasteiger partial charge in [-0.3, -0.25) is 14.4 Å². The number of carbonyl (C=O) groups is 3. The van der Waals surface area contributed by atoms with Crippen LogP contribution in [0.2, 0.25) is 0 Å². The highest BCUT2D eigenvalue weighted by Gasteiger charge is 2.19. The summed E-state index contributed by atoms with van der Waals surface area (Å²) < 4.78 is 16.9. The third-order valence-electron chi connectivity index (χ3n) is 15.9. The van der Waals surface area contributed by atoms with Crippen LogP contribution in [0.3, 0.4) is 0 Å². The molecule has 0 aliphatic rings. The first-order valence-electron chi connectivity index (χ1n) is 35.1. The van der Waals surface area contributed by atoms with Crippen LogP contribution in [0.5, 0.6) is 0 Å². The molecule has 0 saturated heterocycles. The van der Waals surface area contributed by atoms with E-state index in [0.717, 1.165) is 64.2 Å². The van der Waals surface area contributed by atoms with Crippen LogP contribution in [0, 0.1) is 0 Å². The van der Waals surface area contributed by atoms with Gasteiger partial charge in [-0.05, 0) is 44.9 Å². The van der Waals surface area contributed by atoms with Crippen LogP contribution in [0.4, 0.5) is 0 Å². The maximum absolute atomic E-state index is 12.9. The van der Waals surface area contributed by atoms with E-state index >= 15 is 0 Å². The van der Waals surface area contributed by atoms with Crippen molar-refractivity contribution in [3.05, 3.63) is 48.6 Å². The Balaban J connectivity index is 4.12. The summed E-state index contributed by atoms with van der Waals surface area (Å²) in [5, 5.41) is 0. The minimum atomic E-state index is -0.799. The Labute approximate surface area is 492 Å². The Kier molecular flexibility index (Phi) is 65.6. The second kappa shape index (κ2) is 67.9. The number of ether oxygens (including phenoxy) is 3. The lowest BCUT2D eigenvalue weighted by Crippen LogP contribution is -2.30. The smallest absolute Gasteiger partial charge is 0.306 e. The molecule has 0 aromatic heterocycles. The standard InChI is InChI=1S/C73H134O6/c1-4-7-10-13-16-19-22-25-27-29-30-31-32-33-34-35-36-37-38-39-40-41-42-43-44-46-48-51-54-57-60-63-66-72(75)78-69-70(68-77-71(74)65-62-59-56-53-50-47-24-21-18-15-12-9-6-3)79-73(76)67-64-61-58-55-52-49-45-28-26-23-20-17-14-11-8-5-2/h9,12,18,21,47,50,56,59,70H,4-8,10-11,13-17,19-20,22-46,48-49,51-55,57-58,60-69H2,1-3H3/b12-9-,21-18-,50-47-,59-56-. The minimum Gasteiger partial charge on any atom is -0.462 e. The van der Waals surface area contributed by atoms with Gasteiger partial charge in [-0.25, -0.2) is 0 Å². The van der Waals surface area contributed by atoms with Gasteiger partial charge in [0.15, 0.2) is 6.10 Å². The van der Waals surface area contributed by atoms with Crippen molar-refractivity contribution < 1.29 is 28.6 Å². The molecule has 6 heteroatoms. The van der Waals surface area contributed by atoms with Crippen LogP contribution in [0.25, 0.3) is 0 Å². The monoisotopic (exact) mass is 1110 g/mol. The van der Waals surface area contributed by atoms with E-state index in [1.165, 1.54) is 270 Å². The van der Waals surface area contributed by atoms with Crippen molar-refractivity contribution in [3.63, 3.8) is 0 Å².